The Bertz CT molecular complexity index is 1630. The van der Waals surface area contributed by atoms with E-state index in [9.17, 15) is 4.79 Å². The van der Waals surface area contributed by atoms with Crippen LogP contribution in [0.4, 0.5) is 16.3 Å². The van der Waals surface area contributed by atoms with Gasteiger partial charge in [-0.05, 0) is 96.3 Å². The molecule has 6 heterocycles. The summed E-state index contributed by atoms with van der Waals surface area (Å²) in [7, 11) is 0. The Hall–Kier alpha value is -3.11. The number of rotatable bonds is 5. The van der Waals surface area contributed by atoms with Crippen molar-refractivity contribution >= 4 is 44.3 Å². The number of carbonyl (C=O) groups is 1. The lowest BCUT2D eigenvalue weighted by Crippen LogP contribution is -2.57. The Morgan fingerprint density at radius 3 is 2.48 bits per heavy atom. The summed E-state index contributed by atoms with van der Waals surface area (Å²) in [4.78, 5) is 33.0. The van der Waals surface area contributed by atoms with E-state index in [1.807, 2.05) is 25.7 Å². The molecule has 1 amide bonds. The van der Waals surface area contributed by atoms with Crippen LogP contribution >= 0.6 is 15.9 Å². The highest BCUT2D eigenvalue weighted by molar-refractivity contribution is 9.10. The normalized spacial score (nSPS) is 24.0. The third-order valence-corrected chi connectivity index (χ3v) is 11.3. The number of halogens is 1. The SMILES string of the molecule is CC(C)(C)OC(=O)N1C2CCC1CN(c1nc(OCC34CCCN3CCC4)nc3c1CCN(c1cc(Br)cc4ccccc14)C3)C2. The number of aromatic nitrogens is 2. The number of ether oxygens (including phenoxy) is 2. The van der Waals surface area contributed by atoms with Gasteiger partial charge in [-0.3, -0.25) is 9.80 Å². The molecule has 5 aliphatic rings. The number of piperazine rings is 1. The van der Waals surface area contributed by atoms with Crippen molar-refractivity contribution in [3.05, 3.63) is 52.1 Å². The Morgan fingerprint density at radius 2 is 1.74 bits per heavy atom. The van der Waals surface area contributed by atoms with E-state index < -0.39 is 5.60 Å². The molecule has 46 heavy (non-hydrogen) atoms. The molecule has 4 fully saturated rings. The molecular weight excluding hydrogens is 644 g/mol. The molecule has 2 aromatic carbocycles. The predicted molar refractivity (Wildman–Crippen MR) is 184 cm³/mol. The molecule has 0 aliphatic carbocycles. The smallest absolute Gasteiger partial charge is 0.410 e. The third-order valence-electron chi connectivity index (χ3n) is 10.8. The van der Waals surface area contributed by atoms with E-state index in [0.29, 0.717) is 19.2 Å². The maximum Gasteiger partial charge on any atom is 0.410 e. The van der Waals surface area contributed by atoms with Gasteiger partial charge in [-0.15, -0.1) is 0 Å². The number of anilines is 2. The Morgan fingerprint density at radius 1 is 1.00 bits per heavy atom. The molecule has 0 saturated carbocycles. The number of amides is 1. The van der Waals surface area contributed by atoms with Crippen molar-refractivity contribution in [1.29, 1.82) is 0 Å². The van der Waals surface area contributed by atoms with Crippen LogP contribution in [-0.4, -0.2) is 88.4 Å². The van der Waals surface area contributed by atoms with Gasteiger partial charge in [-0.2, -0.15) is 9.97 Å². The number of nitrogens with zero attached hydrogens (tertiary/aromatic N) is 6. The fourth-order valence-corrected chi connectivity index (χ4v) is 9.25. The number of carbonyl (C=O) groups excluding carboxylic acids is 1. The Balaban J connectivity index is 1.11. The second kappa shape index (κ2) is 11.5. The first-order valence-electron chi connectivity index (χ1n) is 17.1. The molecule has 244 valence electrons. The van der Waals surface area contributed by atoms with E-state index >= 15 is 0 Å². The quantitative estimate of drug-likeness (QED) is 0.299. The average Bonchev–Trinajstić information content (AvgIpc) is 3.68. The van der Waals surface area contributed by atoms with Crippen molar-refractivity contribution in [3.63, 3.8) is 0 Å². The van der Waals surface area contributed by atoms with Gasteiger partial charge in [0.15, 0.2) is 0 Å². The highest BCUT2D eigenvalue weighted by Gasteiger charge is 2.47. The van der Waals surface area contributed by atoms with Crippen LogP contribution in [0.1, 0.15) is 70.6 Å². The summed E-state index contributed by atoms with van der Waals surface area (Å²) in [5, 5.41) is 2.47. The molecule has 4 saturated heterocycles. The summed E-state index contributed by atoms with van der Waals surface area (Å²) in [6, 6.07) is 13.7. The van der Waals surface area contributed by atoms with Crippen LogP contribution in [0.25, 0.3) is 10.8 Å². The summed E-state index contributed by atoms with van der Waals surface area (Å²) < 4.78 is 13.5. The summed E-state index contributed by atoms with van der Waals surface area (Å²) in [6.45, 7) is 11.9. The highest BCUT2D eigenvalue weighted by Crippen LogP contribution is 2.41. The van der Waals surface area contributed by atoms with E-state index in [-0.39, 0.29) is 23.7 Å². The summed E-state index contributed by atoms with van der Waals surface area (Å²) in [6.07, 6.45) is 7.47. The maximum atomic E-state index is 13.2. The standard InChI is InChI=1S/C36H45BrN6O3/c1-35(2,3)46-34(44)43-26-10-11-27(43)21-41(20-26)32-29-12-17-40(31-19-25(37)18-24-8-4-5-9-28(24)31)22-30(29)38-33(39-32)45-23-36-13-6-15-42(36)16-7-14-36/h4-5,8-9,18-19,26-27H,6-7,10-17,20-23H2,1-3H3. The van der Waals surface area contributed by atoms with Crippen molar-refractivity contribution in [2.24, 2.45) is 0 Å². The van der Waals surface area contributed by atoms with Crippen molar-refractivity contribution < 1.29 is 14.3 Å². The van der Waals surface area contributed by atoms with Crippen LogP contribution < -0.4 is 14.5 Å². The van der Waals surface area contributed by atoms with E-state index in [0.717, 1.165) is 54.9 Å². The van der Waals surface area contributed by atoms with Crippen LogP contribution in [0.15, 0.2) is 40.9 Å². The summed E-state index contributed by atoms with van der Waals surface area (Å²) >= 11 is 3.76. The molecule has 2 bridgehead atoms. The largest absolute Gasteiger partial charge is 0.461 e. The molecule has 1 aromatic heterocycles. The lowest BCUT2D eigenvalue weighted by molar-refractivity contribution is 0.0122. The molecule has 0 spiro atoms. The van der Waals surface area contributed by atoms with E-state index in [2.05, 4.69) is 67.0 Å². The Kier molecular flexibility index (Phi) is 7.59. The van der Waals surface area contributed by atoms with Crippen LogP contribution in [0.3, 0.4) is 0 Å². The molecule has 0 radical (unpaired) electrons. The maximum absolute atomic E-state index is 13.2. The topological polar surface area (TPSA) is 74.3 Å². The van der Waals surface area contributed by atoms with Gasteiger partial charge < -0.3 is 19.3 Å². The van der Waals surface area contributed by atoms with E-state index in [1.54, 1.807) is 0 Å². The van der Waals surface area contributed by atoms with Gasteiger partial charge >= 0.3 is 12.1 Å². The first-order valence-corrected chi connectivity index (χ1v) is 17.9. The van der Waals surface area contributed by atoms with Gasteiger partial charge in [0, 0.05) is 40.7 Å². The first kappa shape index (κ1) is 30.2. The van der Waals surface area contributed by atoms with Gasteiger partial charge in [0.1, 0.15) is 18.0 Å². The van der Waals surface area contributed by atoms with Crippen molar-refractivity contribution in [1.82, 2.24) is 19.8 Å². The zero-order valence-corrected chi connectivity index (χ0v) is 28.9. The minimum atomic E-state index is -0.509. The van der Waals surface area contributed by atoms with Gasteiger partial charge in [-0.25, -0.2) is 4.79 Å². The summed E-state index contributed by atoms with van der Waals surface area (Å²) in [5.74, 6) is 0.992. The second-order valence-corrected chi connectivity index (χ2v) is 15.9. The fourth-order valence-electron chi connectivity index (χ4n) is 8.79. The zero-order chi connectivity index (χ0) is 31.6. The minimum Gasteiger partial charge on any atom is -0.461 e. The molecule has 2 unspecified atom stereocenters. The molecule has 10 heteroatoms. The lowest BCUT2D eigenvalue weighted by atomic mass is 9.95. The minimum absolute atomic E-state index is 0.112. The van der Waals surface area contributed by atoms with Crippen molar-refractivity contribution in [2.45, 2.75) is 95.5 Å². The highest BCUT2D eigenvalue weighted by atomic mass is 79.9. The molecule has 0 N–H and O–H groups in total. The van der Waals surface area contributed by atoms with Crippen LogP contribution in [0, 0.1) is 0 Å². The molecular formula is C36H45BrN6O3. The van der Waals surface area contributed by atoms with Crippen molar-refractivity contribution in [3.8, 4) is 6.01 Å². The fraction of sp³-hybridized carbons (Fsp3) is 0.583. The van der Waals surface area contributed by atoms with Crippen LogP contribution in [0.2, 0.25) is 0 Å². The lowest BCUT2D eigenvalue weighted by Gasteiger charge is -2.43. The van der Waals surface area contributed by atoms with Crippen LogP contribution in [0.5, 0.6) is 6.01 Å². The zero-order valence-electron chi connectivity index (χ0n) is 27.3. The molecule has 9 nitrogen and oxygen atoms in total. The van der Waals surface area contributed by atoms with Crippen molar-refractivity contribution in [2.75, 3.05) is 49.1 Å². The predicted octanol–water partition coefficient (Wildman–Crippen LogP) is 6.55. The third kappa shape index (κ3) is 5.49. The van der Waals surface area contributed by atoms with Gasteiger partial charge in [-0.1, -0.05) is 40.2 Å². The molecule has 2 atom stereocenters. The van der Waals surface area contributed by atoms with E-state index in [4.69, 9.17) is 19.4 Å². The van der Waals surface area contributed by atoms with E-state index in [1.165, 1.54) is 60.8 Å². The van der Waals surface area contributed by atoms with Gasteiger partial charge in [0.05, 0.1) is 29.9 Å². The van der Waals surface area contributed by atoms with Gasteiger partial charge in [0.2, 0.25) is 0 Å². The average molecular weight is 690 g/mol. The van der Waals surface area contributed by atoms with Gasteiger partial charge in [0.25, 0.3) is 0 Å². The Labute approximate surface area is 280 Å². The first-order chi connectivity index (χ1) is 22.2. The number of hydrogen-bond acceptors (Lipinski definition) is 8. The van der Waals surface area contributed by atoms with Crippen LogP contribution in [-0.2, 0) is 17.7 Å². The summed E-state index contributed by atoms with van der Waals surface area (Å²) in [5.41, 5.74) is 3.09. The molecule has 8 rings (SSSR count). The monoisotopic (exact) mass is 688 g/mol. The number of fused-ring (bicyclic) bond motifs is 5. The molecule has 5 aliphatic heterocycles. The number of benzene rings is 2. The second-order valence-electron chi connectivity index (χ2n) is 15.0. The molecule has 3 aromatic rings. The number of hydrogen-bond donors (Lipinski definition) is 0.